The Hall–Kier alpha value is -2.98. The van der Waals surface area contributed by atoms with Crippen LogP contribution in [0, 0.1) is 10.5 Å². The summed E-state index contributed by atoms with van der Waals surface area (Å²) in [4.78, 5) is 20.3. The number of benzene rings is 3. The molecule has 5 rings (SSSR count). The minimum Gasteiger partial charge on any atom is -0.301 e. The Morgan fingerprint density at radius 3 is 2.65 bits per heavy atom. The number of hydrogen-bond acceptors (Lipinski definition) is 5. The molecule has 6 nitrogen and oxygen atoms in total. The largest absolute Gasteiger partial charge is 0.301 e. The molecule has 0 unspecified atom stereocenters. The minimum atomic E-state index is -0.114. The number of nitrogens with one attached hydrogen (secondary N) is 1. The van der Waals surface area contributed by atoms with Gasteiger partial charge >= 0.3 is 0 Å². The van der Waals surface area contributed by atoms with E-state index in [1.807, 2.05) is 41.2 Å². The highest BCUT2D eigenvalue weighted by molar-refractivity contribution is 14.1. The maximum atomic E-state index is 12.6. The molecule has 8 heteroatoms. The third kappa shape index (κ3) is 5.07. The van der Waals surface area contributed by atoms with Gasteiger partial charge in [0, 0.05) is 18.4 Å². The lowest BCUT2D eigenvalue weighted by atomic mass is 10.0. The molecule has 0 amide bonds. The number of thioether (sulfide) groups is 1. The van der Waals surface area contributed by atoms with Gasteiger partial charge in [-0.25, -0.2) is 9.67 Å². The molecule has 2 heterocycles. The SMILES string of the molecule is Cc1ccccc1Cn1cc(CSc2nc(Cc3cccc4ccccc34)c(I)c(=O)[nH]2)nn1. The predicted molar refractivity (Wildman–Crippen MR) is 144 cm³/mol. The molecular formula is C26H22IN5OS. The highest BCUT2D eigenvalue weighted by atomic mass is 127. The third-order valence-electron chi connectivity index (χ3n) is 5.68. The quantitative estimate of drug-likeness (QED) is 0.160. The lowest BCUT2D eigenvalue weighted by Crippen LogP contribution is -2.16. The monoisotopic (exact) mass is 579 g/mol. The van der Waals surface area contributed by atoms with E-state index in [0.717, 1.165) is 17.0 Å². The fourth-order valence-electron chi connectivity index (χ4n) is 3.88. The second-order valence-electron chi connectivity index (χ2n) is 8.07. The second-order valence-corrected chi connectivity index (χ2v) is 10.1. The third-order valence-corrected chi connectivity index (χ3v) is 7.70. The number of hydrogen-bond donors (Lipinski definition) is 1. The van der Waals surface area contributed by atoms with Crippen LogP contribution in [-0.2, 0) is 18.7 Å². The van der Waals surface area contributed by atoms with Crippen LogP contribution in [0.15, 0.2) is 82.9 Å². The summed E-state index contributed by atoms with van der Waals surface area (Å²) in [6.45, 7) is 2.77. The zero-order valence-electron chi connectivity index (χ0n) is 18.5. The first-order chi connectivity index (χ1) is 16.6. The van der Waals surface area contributed by atoms with Crippen molar-refractivity contribution in [3.8, 4) is 0 Å². The van der Waals surface area contributed by atoms with Gasteiger partial charge in [-0.3, -0.25) is 4.79 Å². The van der Waals surface area contributed by atoms with Crippen molar-refractivity contribution in [2.24, 2.45) is 0 Å². The number of halogens is 1. The van der Waals surface area contributed by atoms with Gasteiger partial charge in [-0.2, -0.15) is 0 Å². The molecule has 0 fully saturated rings. The number of rotatable bonds is 7. The summed E-state index contributed by atoms with van der Waals surface area (Å²) in [6, 6.07) is 22.8. The first kappa shape index (κ1) is 22.8. The molecule has 0 aliphatic carbocycles. The van der Waals surface area contributed by atoms with Crippen molar-refractivity contribution in [3.63, 3.8) is 0 Å². The molecule has 170 valence electrons. The fourth-order valence-corrected chi connectivity index (χ4v) is 5.08. The Labute approximate surface area is 215 Å². The van der Waals surface area contributed by atoms with Gasteiger partial charge in [0.05, 0.1) is 17.9 Å². The Balaban J connectivity index is 1.32. The lowest BCUT2D eigenvalue weighted by molar-refractivity contribution is 0.647. The predicted octanol–water partition coefficient (Wildman–Crippen LogP) is 5.36. The normalized spacial score (nSPS) is 11.2. The molecular weight excluding hydrogens is 557 g/mol. The number of aryl methyl sites for hydroxylation is 1. The summed E-state index contributed by atoms with van der Waals surface area (Å²) < 4.78 is 2.47. The molecule has 1 N–H and O–H groups in total. The summed E-state index contributed by atoms with van der Waals surface area (Å²) in [7, 11) is 0. The standard InChI is InChI=1S/C26H22IN5OS/c1-17-7-2-3-9-20(17)14-32-15-21(30-31-32)16-34-26-28-23(24(27)25(33)29-26)13-19-11-6-10-18-8-4-5-12-22(18)19/h2-12,15H,13-14,16H2,1H3,(H,28,29,33). The van der Waals surface area contributed by atoms with Gasteiger partial charge in [-0.15, -0.1) is 5.10 Å². The second kappa shape index (κ2) is 10.1. The van der Waals surface area contributed by atoms with E-state index < -0.39 is 0 Å². The minimum absolute atomic E-state index is 0.114. The molecule has 34 heavy (non-hydrogen) atoms. The van der Waals surface area contributed by atoms with Crippen molar-refractivity contribution < 1.29 is 0 Å². The van der Waals surface area contributed by atoms with E-state index in [-0.39, 0.29) is 5.56 Å². The number of nitrogens with zero attached hydrogens (tertiary/aromatic N) is 4. The number of aromatic amines is 1. The smallest absolute Gasteiger partial charge is 0.265 e. The molecule has 0 aliphatic rings. The molecule has 5 aromatic rings. The summed E-state index contributed by atoms with van der Waals surface area (Å²) in [6.07, 6.45) is 2.55. The number of H-pyrrole nitrogens is 1. The molecule has 0 spiro atoms. The van der Waals surface area contributed by atoms with E-state index in [2.05, 4.69) is 81.2 Å². The maximum absolute atomic E-state index is 12.6. The van der Waals surface area contributed by atoms with Crippen molar-refractivity contribution in [3.05, 3.63) is 115 Å². The van der Waals surface area contributed by atoms with Gasteiger partial charge < -0.3 is 4.98 Å². The van der Waals surface area contributed by atoms with Gasteiger partial charge in [0.2, 0.25) is 0 Å². The van der Waals surface area contributed by atoms with Crippen molar-refractivity contribution in [1.82, 2.24) is 25.0 Å². The average Bonchev–Trinajstić information content (AvgIpc) is 3.30. The van der Waals surface area contributed by atoms with Crippen LogP contribution in [0.1, 0.15) is 28.1 Å². The fraction of sp³-hybridized carbons (Fsp3) is 0.154. The van der Waals surface area contributed by atoms with Crippen LogP contribution in [0.5, 0.6) is 0 Å². The van der Waals surface area contributed by atoms with E-state index in [9.17, 15) is 4.79 Å². The van der Waals surface area contributed by atoms with E-state index in [1.54, 1.807) is 0 Å². The van der Waals surface area contributed by atoms with E-state index in [0.29, 0.717) is 27.4 Å². The molecule has 0 radical (unpaired) electrons. The van der Waals surface area contributed by atoms with E-state index >= 15 is 0 Å². The highest BCUT2D eigenvalue weighted by Gasteiger charge is 2.13. The first-order valence-corrected chi connectivity index (χ1v) is 12.9. The Kier molecular flexibility index (Phi) is 6.77. The number of fused-ring (bicyclic) bond motifs is 1. The van der Waals surface area contributed by atoms with Crippen LogP contribution in [-0.4, -0.2) is 25.0 Å². The first-order valence-electron chi connectivity index (χ1n) is 10.9. The molecule has 0 aliphatic heterocycles. The van der Waals surface area contributed by atoms with Crippen LogP contribution in [0.4, 0.5) is 0 Å². The van der Waals surface area contributed by atoms with Gasteiger partial charge in [-0.1, -0.05) is 83.7 Å². The van der Waals surface area contributed by atoms with Crippen LogP contribution < -0.4 is 5.56 Å². The van der Waals surface area contributed by atoms with Crippen molar-refractivity contribution in [1.29, 1.82) is 0 Å². The lowest BCUT2D eigenvalue weighted by Gasteiger charge is -2.09. The van der Waals surface area contributed by atoms with Gasteiger partial charge in [0.25, 0.3) is 5.56 Å². The Morgan fingerprint density at radius 1 is 1.00 bits per heavy atom. The summed E-state index contributed by atoms with van der Waals surface area (Å²) in [5, 5.41) is 11.5. The number of aromatic nitrogens is 5. The Bertz CT molecular complexity index is 1520. The van der Waals surface area contributed by atoms with Gasteiger partial charge in [0.1, 0.15) is 3.57 Å². The zero-order valence-corrected chi connectivity index (χ0v) is 21.5. The van der Waals surface area contributed by atoms with Crippen LogP contribution in [0.25, 0.3) is 10.8 Å². The van der Waals surface area contributed by atoms with E-state index in [1.165, 1.54) is 33.7 Å². The highest BCUT2D eigenvalue weighted by Crippen LogP contribution is 2.24. The molecule has 2 aromatic heterocycles. The van der Waals surface area contributed by atoms with Crippen LogP contribution in [0.3, 0.4) is 0 Å². The average molecular weight is 579 g/mol. The van der Waals surface area contributed by atoms with Crippen molar-refractivity contribution >= 4 is 45.1 Å². The summed E-state index contributed by atoms with van der Waals surface area (Å²) in [5.74, 6) is 0.574. The molecule has 0 saturated carbocycles. The van der Waals surface area contributed by atoms with Crippen LogP contribution in [0.2, 0.25) is 0 Å². The summed E-state index contributed by atoms with van der Waals surface area (Å²) in [5.41, 5.74) is 5.11. The van der Waals surface area contributed by atoms with E-state index in [4.69, 9.17) is 4.98 Å². The zero-order chi connectivity index (χ0) is 23.5. The maximum Gasteiger partial charge on any atom is 0.265 e. The van der Waals surface area contributed by atoms with Gasteiger partial charge in [0.15, 0.2) is 5.16 Å². The molecule has 0 atom stereocenters. The topological polar surface area (TPSA) is 76.5 Å². The summed E-state index contributed by atoms with van der Waals surface area (Å²) >= 11 is 3.55. The Morgan fingerprint density at radius 2 is 1.76 bits per heavy atom. The van der Waals surface area contributed by atoms with Crippen molar-refractivity contribution in [2.45, 2.75) is 30.8 Å². The molecule has 0 saturated heterocycles. The van der Waals surface area contributed by atoms with Gasteiger partial charge in [-0.05, 0) is 57.0 Å². The van der Waals surface area contributed by atoms with Crippen molar-refractivity contribution in [2.75, 3.05) is 0 Å². The molecule has 3 aromatic carbocycles. The molecule has 0 bridgehead atoms. The van der Waals surface area contributed by atoms with Crippen LogP contribution >= 0.6 is 34.4 Å².